The molecule has 2 heterocycles. The number of nitrogens with one attached hydrogen (secondary N) is 1. The van der Waals surface area contributed by atoms with Gasteiger partial charge in [-0.3, -0.25) is 4.79 Å². The number of hydrogen-bond acceptors (Lipinski definition) is 7. The third-order valence-corrected chi connectivity index (χ3v) is 6.13. The van der Waals surface area contributed by atoms with E-state index in [-0.39, 0.29) is 5.91 Å². The van der Waals surface area contributed by atoms with E-state index in [1.54, 1.807) is 25.6 Å². The zero-order valence-electron chi connectivity index (χ0n) is 17.1. The fraction of sp³-hybridized carbons (Fsp3) is 0.364. The number of ether oxygens (including phenoxy) is 3. The highest BCUT2D eigenvalue weighted by Crippen LogP contribution is 2.32. The Morgan fingerprint density at radius 1 is 1.20 bits per heavy atom. The van der Waals surface area contributed by atoms with E-state index in [4.69, 9.17) is 19.2 Å². The minimum atomic E-state index is -0.0443. The van der Waals surface area contributed by atoms with E-state index >= 15 is 0 Å². The highest BCUT2D eigenvalue weighted by Gasteiger charge is 2.16. The molecule has 0 bridgehead atoms. The van der Waals surface area contributed by atoms with Crippen LogP contribution in [0.5, 0.6) is 11.5 Å². The van der Waals surface area contributed by atoms with Gasteiger partial charge in [0.15, 0.2) is 16.6 Å². The number of fused-ring (bicyclic) bond motifs is 1. The standard InChI is InChI=1S/C22H25N3O4S/c1-27-18-5-3-4-15(21(18)28-2)6-9-20(26)23-16-7-8-17-19(14-16)30-22(24-17)25-10-12-29-13-11-25/h3-5,7-8,14H,6,9-13H2,1-2H3,(H,23,26). The van der Waals surface area contributed by atoms with Crippen LogP contribution in [0.2, 0.25) is 0 Å². The van der Waals surface area contributed by atoms with Crippen molar-refractivity contribution in [2.75, 3.05) is 50.7 Å². The number of carbonyl (C=O) groups is 1. The van der Waals surface area contributed by atoms with Crippen molar-refractivity contribution in [1.82, 2.24) is 4.98 Å². The first-order valence-corrected chi connectivity index (χ1v) is 10.7. The summed E-state index contributed by atoms with van der Waals surface area (Å²) >= 11 is 1.64. The number of para-hydroxylation sites is 1. The first-order valence-electron chi connectivity index (χ1n) is 9.91. The largest absolute Gasteiger partial charge is 0.493 e. The molecule has 0 saturated carbocycles. The van der Waals surface area contributed by atoms with Crippen molar-refractivity contribution in [2.24, 2.45) is 0 Å². The highest BCUT2D eigenvalue weighted by molar-refractivity contribution is 7.22. The summed E-state index contributed by atoms with van der Waals surface area (Å²) in [6.45, 7) is 3.18. The molecule has 0 atom stereocenters. The van der Waals surface area contributed by atoms with Crippen LogP contribution in [0, 0.1) is 0 Å². The maximum absolute atomic E-state index is 12.5. The molecule has 4 rings (SSSR count). The van der Waals surface area contributed by atoms with Gasteiger partial charge in [0.05, 0.1) is 37.6 Å². The fourth-order valence-electron chi connectivity index (χ4n) is 3.50. The number of aromatic nitrogens is 1. The van der Waals surface area contributed by atoms with Gasteiger partial charge in [-0.05, 0) is 36.2 Å². The number of anilines is 2. The molecular weight excluding hydrogens is 402 g/mol. The number of amides is 1. The van der Waals surface area contributed by atoms with E-state index < -0.39 is 0 Å². The van der Waals surface area contributed by atoms with Crippen LogP contribution in [-0.4, -0.2) is 51.4 Å². The van der Waals surface area contributed by atoms with Gasteiger partial charge in [0.25, 0.3) is 0 Å². The lowest BCUT2D eigenvalue weighted by Crippen LogP contribution is -2.36. The van der Waals surface area contributed by atoms with E-state index in [1.165, 1.54) is 0 Å². The van der Waals surface area contributed by atoms with Crippen LogP contribution in [0.4, 0.5) is 10.8 Å². The van der Waals surface area contributed by atoms with Crippen molar-refractivity contribution in [3.8, 4) is 11.5 Å². The van der Waals surface area contributed by atoms with E-state index in [0.717, 1.165) is 52.9 Å². The molecule has 1 amide bonds. The molecule has 158 valence electrons. The Hall–Kier alpha value is -2.84. The summed E-state index contributed by atoms with van der Waals surface area (Å²) in [5.74, 6) is 1.30. The van der Waals surface area contributed by atoms with Crippen molar-refractivity contribution in [3.05, 3.63) is 42.0 Å². The van der Waals surface area contributed by atoms with Crippen LogP contribution in [0.3, 0.4) is 0 Å². The summed E-state index contributed by atoms with van der Waals surface area (Å²) in [7, 11) is 3.21. The van der Waals surface area contributed by atoms with E-state index in [9.17, 15) is 4.79 Å². The third kappa shape index (κ3) is 4.49. The Kier molecular flexibility index (Phi) is 6.35. The molecule has 3 aromatic rings. The SMILES string of the molecule is COc1cccc(CCC(=O)Nc2ccc3nc(N4CCOCC4)sc3c2)c1OC. The Labute approximate surface area is 179 Å². The van der Waals surface area contributed by atoms with Crippen LogP contribution < -0.4 is 19.7 Å². The van der Waals surface area contributed by atoms with Crippen LogP contribution in [0.25, 0.3) is 10.2 Å². The average Bonchev–Trinajstić information content (AvgIpc) is 3.21. The van der Waals surface area contributed by atoms with Crippen LogP contribution in [0.1, 0.15) is 12.0 Å². The van der Waals surface area contributed by atoms with Crippen LogP contribution in [0.15, 0.2) is 36.4 Å². The molecule has 0 unspecified atom stereocenters. The molecule has 1 aliphatic rings. The lowest BCUT2D eigenvalue weighted by molar-refractivity contribution is -0.116. The van der Waals surface area contributed by atoms with Crippen molar-refractivity contribution < 1.29 is 19.0 Å². The van der Waals surface area contributed by atoms with Gasteiger partial charge < -0.3 is 24.4 Å². The maximum atomic E-state index is 12.5. The van der Waals surface area contributed by atoms with E-state index in [2.05, 4.69) is 10.2 Å². The molecule has 30 heavy (non-hydrogen) atoms. The molecule has 1 aromatic heterocycles. The summed E-state index contributed by atoms with van der Waals surface area (Å²) in [6.07, 6.45) is 0.916. The molecular formula is C22H25N3O4S. The second-order valence-electron chi connectivity index (χ2n) is 6.98. The summed E-state index contributed by atoms with van der Waals surface area (Å²) in [6, 6.07) is 11.5. The van der Waals surface area contributed by atoms with Crippen molar-refractivity contribution in [2.45, 2.75) is 12.8 Å². The minimum Gasteiger partial charge on any atom is -0.493 e. The molecule has 0 spiro atoms. The Morgan fingerprint density at radius 3 is 2.80 bits per heavy atom. The first-order chi connectivity index (χ1) is 14.7. The molecule has 1 N–H and O–H groups in total. The number of carbonyl (C=O) groups excluding carboxylic acids is 1. The van der Waals surface area contributed by atoms with Crippen molar-refractivity contribution >= 4 is 38.3 Å². The smallest absolute Gasteiger partial charge is 0.224 e. The summed E-state index contributed by atoms with van der Waals surface area (Å²) in [5, 5.41) is 4.00. The molecule has 8 heteroatoms. The van der Waals surface area contributed by atoms with Gasteiger partial charge >= 0.3 is 0 Å². The molecule has 0 aliphatic carbocycles. The third-order valence-electron chi connectivity index (χ3n) is 5.05. The Balaban J connectivity index is 1.41. The maximum Gasteiger partial charge on any atom is 0.224 e. The molecule has 1 saturated heterocycles. The lowest BCUT2D eigenvalue weighted by Gasteiger charge is -2.25. The number of rotatable bonds is 7. The first kappa shape index (κ1) is 20.4. The minimum absolute atomic E-state index is 0.0443. The number of morpholine rings is 1. The van der Waals surface area contributed by atoms with Gasteiger partial charge in [-0.25, -0.2) is 4.98 Å². The summed E-state index contributed by atoms with van der Waals surface area (Å²) in [4.78, 5) is 19.5. The topological polar surface area (TPSA) is 72.9 Å². The predicted molar refractivity (Wildman–Crippen MR) is 119 cm³/mol. The number of nitrogens with zero attached hydrogens (tertiary/aromatic N) is 2. The number of aryl methyl sites for hydroxylation is 1. The van der Waals surface area contributed by atoms with Gasteiger partial charge in [-0.1, -0.05) is 23.5 Å². The number of hydrogen-bond donors (Lipinski definition) is 1. The summed E-state index contributed by atoms with van der Waals surface area (Å²) in [5.41, 5.74) is 2.67. The van der Waals surface area contributed by atoms with E-state index in [0.29, 0.717) is 24.3 Å². The van der Waals surface area contributed by atoms with Gasteiger partial charge in [-0.15, -0.1) is 0 Å². The monoisotopic (exact) mass is 427 g/mol. The molecule has 0 radical (unpaired) electrons. The van der Waals surface area contributed by atoms with E-state index in [1.807, 2.05) is 36.4 Å². The second kappa shape index (κ2) is 9.32. The van der Waals surface area contributed by atoms with Crippen LogP contribution >= 0.6 is 11.3 Å². The number of benzene rings is 2. The Morgan fingerprint density at radius 2 is 2.03 bits per heavy atom. The normalized spacial score (nSPS) is 14.0. The molecule has 1 fully saturated rings. The second-order valence-corrected chi connectivity index (χ2v) is 7.99. The fourth-order valence-corrected chi connectivity index (χ4v) is 4.56. The highest BCUT2D eigenvalue weighted by atomic mass is 32.1. The molecule has 2 aromatic carbocycles. The van der Waals surface area contributed by atoms with Gasteiger partial charge in [0.2, 0.25) is 5.91 Å². The van der Waals surface area contributed by atoms with Gasteiger partial charge in [0.1, 0.15) is 0 Å². The lowest BCUT2D eigenvalue weighted by atomic mass is 10.1. The molecule has 1 aliphatic heterocycles. The zero-order valence-corrected chi connectivity index (χ0v) is 18.0. The number of thiazole rings is 1. The van der Waals surface area contributed by atoms with Crippen LogP contribution in [-0.2, 0) is 16.0 Å². The van der Waals surface area contributed by atoms with Crippen molar-refractivity contribution in [1.29, 1.82) is 0 Å². The van der Waals surface area contributed by atoms with Gasteiger partial charge in [0, 0.05) is 25.2 Å². The van der Waals surface area contributed by atoms with Crippen molar-refractivity contribution in [3.63, 3.8) is 0 Å². The van der Waals surface area contributed by atoms with Gasteiger partial charge in [-0.2, -0.15) is 0 Å². The predicted octanol–water partition coefficient (Wildman–Crippen LogP) is 3.72. The number of methoxy groups -OCH3 is 2. The molecule has 7 nitrogen and oxygen atoms in total. The quantitative estimate of drug-likeness (QED) is 0.620. The summed E-state index contributed by atoms with van der Waals surface area (Å²) < 4.78 is 17.2. The Bertz CT molecular complexity index is 1030. The average molecular weight is 428 g/mol. The zero-order chi connectivity index (χ0) is 20.9.